The number of carbonyl (C=O) groups excluding carboxylic acids is 1. The van der Waals surface area contributed by atoms with Gasteiger partial charge in [-0.1, -0.05) is 41.4 Å². The molecule has 3 aromatic rings. The number of rotatable bonds is 5. The molecule has 3 rings (SSSR count). The molecule has 2 aromatic heterocycles. The summed E-state index contributed by atoms with van der Waals surface area (Å²) in [5.41, 5.74) is 2.71. The van der Waals surface area contributed by atoms with Gasteiger partial charge in [-0.3, -0.25) is 9.59 Å². The molecule has 0 amide bonds. The van der Waals surface area contributed by atoms with Gasteiger partial charge in [0.25, 0.3) is 5.56 Å². The van der Waals surface area contributed by atoms with Gasteiger partial charge in [0.1, 0.15) is 0 Å². The van der Waals surface area contributed by atoms with Crippen molar-refractivity contribution in [1.29, 1.82) is 0 Å². The van der Waals surface area contributed by atoms with Gasteiger partial charge in [0.15, 0.2) is 0 Å². The van der Waals surface area contributed by atoms with Gasteiger partial charge in [0, 0.05) is 29.8 Å². The van der Waals surface area contributed by atoms with E-state index >= 15 is 0 Å². The Labute approximate surface area is 144 Å². The molecule has 0 aliphatic rings. The van der Waals surface area contributed by atoms with Crippen LogP contribution in [0, 0.1) is 19.3 Å². The van der Waals surface area contributed by atoms with Gasteiger partial charge in [-0.2, -0.15) is 0 Å². The molecule has 0 bridgehead atoms. The number of Topliss-reactive ketones (excluding diaryl/α,β-unsaturated/α-hetero) is 1. The second-order valence-corrected chi connectivity index (χ2v) is 5.70. The van der Waals surface area contributed by atoms with Gasteiger partial charge in [-0.15, -0.1) is 6.42 Å². The Morgan fingerprint density at radius 3 is 2.72 bits per heavy atom. The van der Waals surface area contributed by atoms with E-state index in [4.69, 9.17) is 10.9 Å². The summed E-state index contributed by atoms with van der Waals surface area (Å²) in [6, 6.07) is 12.7. The number of aromatic nitrogens is 2. The summed E-state index contributed by atoms with van der Waals surface area (Å²) in [7, 11) is 0. The van der Waals surface area contributed by atoms with Crippen LogP contribution in [0.4, 0.5) is 0 Å². The van der Waals surface area contributed by atoms with Gasteiger partial charge in [0.05, 0.1) is 12.2 Å². The normalized spacial score (nSPS) is 10.4. The zero-order valence-electron chi connectivity index (χ0n) is 13.7. The lowest BCUT2D eigenvalue weighted by Crippen LogP contribution is -2.23. The Bertz CT molecular complexity index is 1010. The van der Waals surface area contributed by atoms with Crippen molar-refractivity contribution in [3.05, 3.63) is 87.2 Å². The molecule has 5 nitrogen and oxygen atoms in total. The molecular weight excluding hydrogens is 316 g/mol. The van der Waals surface area contributed by atoms with Crippen molar-refractivity contribution >= 4 is 5.78 Å². The van der Waals surface area contributed by atoms with Gasteiger partial charge in [0.2, 0.25) is 11.5 Å². The number of terminal acetylenes is 1. The number of carbonyl (C=O) groups is 1. The van der Waals surface area contributed by atoms with Crippen LogP contribution in [0.25, 0.3) is 0 Å². The van der Waals surface area contributed by atoms with Gasteiger partial charge in [-0.25, -0.2) is 0 Å². The fourth-order valence-corrected chi connectivity index (χ4v) is 2.55. The molecule has 2 heterocycles. The number of hydrogen-bond acceptors (Lipinski definition) is 4. The summed E-state index contributed by atoms with van der Waals surface area (Å²) >= 11 is 0. The molecule has 1 aromatic carbocycles. The van der Waals surface area contributed by atoms with Crippen molar-refractivity contribution in [1.82, 2.24) is 9.72 Å². The minimum atomic E-state index is -0.319. The SMILES string of the molecule is C#Cc1ccc(=O)n(CC(=O)c2onc(Cc3ccccc3)c2C)c1. The average molecular weight is 332 g/mol. The third kappa shape index (κ3) is 3.59. The van der Waals surface area contributed by atoms with Gasteiger partial charge in [-0.05, 0) is 18.6 Å². The number of ketones is 1. The van der Waals surface area contributed by atoms with Crippen molar-refractivity contribution in [3.8, 4) is 12.3 Å². The first kappa shape index (κ1) is 16.5. The zero-order chi connectivity index (χ0) is 17.8. The fraction of sp³-hybridized carbons (Fsp3) is 0.150. The second-order valence-electron chi connectivity index (χ2n) is 5.70. The summed E-state index contributed by atoms with van der Waals surface area (Å²) in [5.74, 6) is 2.29. The Morgan fingerprint density at radius 2 is 2.00 bits per heavy atom. The van der Waals surface area contributed by atoms with Crippen LogP contribution < -0.4 is 5.56 Å². The van der Waals surface area contributed by atoms with E-state index in [-0.39, 0.29) is 23.6 Å². The van der Waals surface area contributed by atoms with Crippen LogP contribution in [0.15, 0.2) is 58.0 Å². The molecule has 124 valence electrons. The molecule has 0 radical (unpaired) electrons. The summed E-state index contributed by atoms with van der Waals surface area (Å²) < 4.78 is 6.52. The van der Waals surface area contributed by atoms with Crippen LogP contribution in [0.2, 0.25) is 0 Å². The van der Waals surface area contributed by atoms with Crippen molar-refractivity contribution in [3.63, 3.8) is 0 Å². The molecule has 5 heteroatoms. The first-order valence-corrected chi connectivity index (χ1v) is 7.78. The van der Waals surface area contributed by atoms with Crippen molar-refractivity contribution in [2.24, 2.45) is 0 Å². The average Bonchev–Trinajstić information content (AvgIpc) is 2.98. The Morgan fingerprint density at radius 1 is 1.24 bits per heavy atom. The van der Waals surface area contributed by atoms with Crippen molar-refractivity contribution in [2.75, 3.05) is 0 Å². The molecule has 25 heavy (non-hydrogen) atoms. The maximum atomic E-state index is 12.5. The first-order valence-electron chi connectivity index (χ1n) is 7.78. The molecule has 0 unspecified atom stereocenters. The van der Waals surface area contributed by atoms with E-state index in [2.05, 4.69) is 11.1 Å². The van der Waals surface area contributed by atoms with Crippen molar-refractivity contribution in [2.45, 2.75) is 19.9 Å². The molecule has 0 aliphatic carbocycles. The Kier molecular flexibility index (Phi) is 4.62. The monoisotopic (exact) mass is 332 g/mol. The van der Waals surface area contributed by atoms with E-state index in [9.17, 15) is 9.59 Å². The first-order chi connectivity index (χ1) is 12.1. The van der Waals surface area contributed by atoms with E-state index in [1.54, 1.807) is 13.0 Å². The lowest BCUT2D eigenvalue weighted by atomic mass is 10.1. The Balaban J connectivity index is 1.82. The van der Waals surface area contributed by atoms with Gasteiger partial charge < -0.3 is 9.09 Å². The zero-order valence-corrected chi connectivity index (χ0v) is 13.7. The minimum Gasteiger partial charge on any atom is -0.352 e. The lowest BCUT2D eigenvalue weighted by molar-refractivity contribution is 0.0933. The van der Waals surface area contributed by atoms with E-state index in [0.717, 1.165) is 5.56 Å². The van der Waals surface area contributed by atoms with Crippen molar-refractivity contribution < 1.29 is 9.32 Å². The maximum Gasteiger partial charge on any atom is 0.251 e. The molecule has 0 atom stereocenters. The van der Waals surface area contributed by atoms with E-state index in [1.165, 1.54) is 16.8 Å². The third-order valence-electron chi connectivity index (χ3n) is 3.95. The summed E-state index contributed by atoms with van der Waals surface area (Å²) in [6.45, 7) is 1.65. The van der Waals surface area contributed by atoms with Crippen LogP contribution in [0.1, 0.15) is 32.9 Å². The minimum absolute atomic E-state index is 0.144. The van der Waals surface area contributed by atoms with E-state index in [1.807, 2.05) is 30.3 Å². The number of benzene rings is 1. The number of nitrogens with zero attached hydrogens (tertiary/aromatic N) is 2. The predicted octanol–water partition coefficient (Wildman–Crippen LogP) is 2.60. The largest absolute Gasteiger partial charge is 0.352 e. The van der Waals surface area contributed by atoms with Gasteiger partial charge >= 0.3 is 0 Å². The van der Waals surface area contributed by atoms with Crippen LogP contribution in [0.5, 0.6) is 0 Å². The molecule has 0 N–H and O–H groups in total. The fourth-order valence-electron chi connectivity index (χ4n) is 2.55. The Hall–Kier alpha value is -3.39. The van der Waals surface area contributed by atoms with Crippen LogP contribution >= 0.6 is 0 Å². The highest BCUT2D eigenvalue weighted by Gasteiger charge is 2.19. The molecule has 0 aliphatic heterocycles. The summed E-state index contributed by atoms with van der Waals surface area (Å²) in [4.78, 5) is 24.4. The molecule has 0 fully saturated rings. The summed E-state index contributed by atoms with van der Waals surface area (Å²) in [5, 5.41) is 4.01. The van der Waals surface area contributed by atoms with Crippen LogP contribution in [-0.4, -0.2) is 15.5 Å². The topological polar surface area (TPSA) is 65.1 Å². The molecule has 0 spiro atoms. The maximum absolute atomic E-state index is 12.5. The van der Waals surface area contributed by atoms with Crippen LogP contribution in [-0.2, 0) is 13.0 Å². The highest BCUT2D eigenvalue weighted by Crippen LogP contribution is 2.17. The molecule has 0 saturated heterocycles. The molecular formula is C20H16N2O3. The molecule has 0 saturated carbocycles. The third-order valence-corrected chi connectivity index (χ3v) is 3.95. The quantitative estimate of drug-likeness (QED) is 0.532. The summed E-state index contributed by atoms with van der Waals surface area (Å²) in [6.07, 6.45) is 7.39. The highest BCUT2D eigenvalue weighted by atomic mass is 16.5. The van der Waals surface area contributed by atoms with E-state index < -0.39 is 0 Å². The number of pyridine rings is 1. The number of hydrogen-bond donors (Lipinski definition) is 0. The second kappa shape index (κ2) is 7.02. The van der Waals surface area contributed by atoms with Crippen LogP contribution in [0.3, 0.4) is 0 Å². The predicted molar refractivity (Wildman–Crippen MR) is 93.5 cm³/mol. The lowest BCUT2D eigenvalue weighted by Gasteiger charge is -2.04. The standard InChI is InChI=1S/C20H16N2O3/c1-3-15-9-10-19(24)22(12-15)13-18(23)20-14(2)17(21-25-20)11-16-7-5-4-6-8-16/h1,4-10,12H,11,13H2,2H3. The van der Waals surface area contributed by atoms with E-state index in [0.29, 0.717) is 23.2 Å². The highest BCUT2D eigenvalue weighted by molar-refractivity contribution is 5.94. The smallest absolute Gasteiger partial charge is 0.251 e.